The Morgan fingerprint density at radius 3 is 2.79 bits per heavy atom. The van der Waals surface area contributed by atoms with Gasteiger partial charge in [-0.05, 0) is 37.3 Å². The molecule has 1 rings (SSSR count). The van der Waals surface area contributed by atoms with Crippen LogP contribution in [-0.4, -0.2) is 12.7 Å². The predicted molar refractivity (Wildman–Crippen MR) is 61.7 cm³/mol. The highest BCUT2D eigenvalue weighted by molar-refractivity contribution is 7.10. The number of ether oxygens (including phenoxy) is 1. The van der Waals surface area contributed by atoms with Gasteiger partial charge in [-0.15, -0.1) is 11.3 Å². The lowest BCUT2D eigenvalue weighted by Crippen LogP contribution is -2.19. The van der Waals surface area contributed by atoms with Crippen LogP contribution in [0.1, 0.15) is 37.3 Å². The summed E-state index contributed by atoms with van der Waals surface area (Å²) in [6, 6.07) is 2.18. The van der Waals surface area contributed by atoms with Gasteiger partial charge in [-0.25, -0.2) is 0 Å². The second-order valence-electron chi connectivity index (χ2n) is 3.65. The molecule has 1 aromatic heterocycles. The number of aryl methyl sites for hydroxylation is 1. The summed E-state index contributed by atoms with van der Waals surface area (Å²) in [7, 11) is 0. The van der Waals surface area contributed by atoms with Crippen LogP contribution < -0.4 is 5.73 Å². The van der Waals surface area contributed by atoms with Crippen LogP contribution in [0.15, 0.2) is 11.4 Å². The quantitative estimate of drug-likeness (QED) is 0.816. The van der Waals surface area contributed by atoms with Gasteiger partial charge >= 0.3 is 0 Å². The van der Waals surface area contributed by atoms with Crippen molar-refractivity contribution in [1.82, 2.24) is 0 Å². The fourth-order valence-corrected chi connectivity index (χ4v) is 2.32. The van der Waals surface area contributed by atoms with E-state index in [1.54, 1.807) is 11.3 Å². The van der Waals surface area contributed by atoms with Gasteiger partial charge in [-0.1, -0.05) is 6.92 Å². The Hall–Kier alpha value is -0.380. The van der Waals surface area contributed by atoms with Crippen LogP contribution in [0.4, 0.5) is 0 Å². The van der Waals surface area contributed by atoms with Crippen LogP contribution in [0.2, 0.25) is 0 Å². The maximum atomic E-state index is 6.05. The van der Waals surface area contributed by atoms with E-state index in [1.807, 2.05) is 13.8 Å². The zero-order chi connectivity index (χ0) is 10.6. The summed E-state index contributed by atoms with van der Waals surface area (Å²) in [5.74, 6) is 0. The van der Waals surface area contributed by atoms with Gasteiger partial charge in [0.15, 0.2) is 0 Å². The molecule has 80 valence electrons. The SMILES string of the molecule is CCc1ccsc1C(N)COC(C)C. The lowest BCUT2D eigenvalue weighted by atomic mass is 10.1. The highest BCUT2D eigenvalue weighted by Crippen LogP contribution is 2.23. The van der Waals surface area contributed by atoms with Crippen molar-refractivity contribution in [3.63, 3.8) is 0 Å². The minimum absolute atomic E-state index is 0.0346. The van der Waals surface area contributed by atoms with Crippen LogP contribution >= 0.6 is 11.3 Å². The van der Waals surface area contributed by atoms with E-state index in [0.29, 0.717) is 6.61 Å². The monoisotopic (exact) mass is 213 g/mol. The predicted octanol–water partition coefficient (Wildman–Crippen LogP) is 2.74. The molecule has 1 heterocycles. The summed E-state index contributed by atoms with van der Waals surface area (Å²) < 4.78 is 5.51. The van der Waals surface area contributed by atoms with E-state index in [4.69, 9.17) is 10.5 Å². The van der Waals surface area contributed by atoms with Gasteiger partial charge in [-0.3, -0.25) is 0 Å². The normalized spacial score (nSPS) is 13.5. The van der Waals surface area contributed by atoms with Gasteiger partial charge in [0.2, 0.25) is 0 Å². The summed E-state index contributed by atoms with van der Waals surface area (Å²) >= 11 is 1.73. The average molecular weight is 213 g/mol. The molecule has 14 heavy (non-hydrogen) atoms. The highest BCUT2D eigenvalue weighted by Gasteiger charge is 2.12. The molecule has 0 bridgehead atoms. The number of nitrogens with two attached hydrogens (primary N) is 1. The Bertz CT molecular complexity index is 270. The maximum Gasteiger partial charge on any atom is 0.0670 e. The first kappa shape index (κ1) is 11.7. The van der Waals surface area contributed by atoms with Crippen molar-refractivity contribution in [2.75, 3.05) is 6.61 Å². The molecule has 0 aliphatic rings. The van der Waals surface area contributed by atoms with Crippen molar-refractivity contribution in [2.24, 2.45) is 5.73 Å². The van der Waals surface area contributed by atoms with Crippen LogP contribution in [0.25, 0.3) is 0 Å². The summed E-state index contributed by atoms with van der Waals surface area (Å²) in [6.07, 6.45) is 1.31. The van der Waals surface area contributed by atoms with E-state index in [0.717, 1.165) is 6.42 Å². The van der Waals surface area contributed by atoms with Gasteiger partial charge in [0.25, 0.3) is 0 Å². The van der Waals surface area contributed by atoms with Crippen molar-refractivity contribution < 1.29 is 4.74 Å². The molecule has 0 aliphatic heterocycles. The van der Waals surface area contributed by atoms with Crippen LogP contribution in [0.3, 0.4) is 0 Å². The zero-order valence-corrected chi connectivity index (χ0v) is 9.93. The summed E-state index contributed by atoms with van der Waals surface area (Å²) in [5.41, 5.74) is 7.41. The lowest BCUT2D eigenvalue weighted by molar-refractivity contribution is 0.0687. The third kappa shape index (κ3) is 3.08. The van der Waals surface area contributed by atoms with Crippen molar-refractivity contribution in [3.8, 4) is 0 Å². The standard InChI is InChI=1S/C11H19NOS/c1-4-9-5-6-14-11(9)10(12)7-13-8(2)3/h5-6,8,10H,4,7,12H2,1-3H3. The van der Waals surface area contributed by atoms with Gasteiger partial charge in [-0.2, -0.15) is 0 Å². The smallest absolute Gasteiger partial charge is 0.0670 e. The largest absolute Gasteiger partial charge is 0.377 e. The Kier molecular flexibility index (Phi) is 4.58. The van der Waals surface area contributed by atoms with Crippen LogP contribution in [-0.2, 0) is 11.2 Å². The first-order valence-corrected chi connectivity index (χ1v) is 5.96. The topological polar surface area (TPSA) is 35.2 Å². The minimum Gasteiger partial charge on any atom is -0.377 e. The van der Waals surface area contributed by atoms with Crippen LogP contribution in [0, 0.1) is 0 Å². The molecule has 0 radical (unpaired) electrons. The Labute approximate surface area is 90.1 Å². The molecule has 0 aliphatic carbocycles. The fraction of sp³-hybridized carbons (Fsp3) is 0.636. The van der Waals surface area contributed by atoms with Gasteiger partial charge < -0.3 is 10.5 Å². The molecule has 1 aromatic rings. The van der Waals surface area contributed by atoms with Crippen LogP contribution in [0.5, 0.6) is 0 Å². The Morgan fingerprint density at radius 2 is 2.21 bits per heavy atom. The van der Waals surface area contributed by atoms with Crippen molar-refractivity contribution in [2.45, 2.75) is 39.3 Å². The van der Waals surface area contributed by atoms with E-state index in [9.17, 15) is 0 Å². The fourth-order valence-electron chi connectivity index (χ4n) is 1.34. The second kappa shape index (κ2) is 5.49. The number of thiophene rings is 1. The van der Waals surface area contributed by atoms with Gasteiger partial charge in [0.05, 0.1) is 18.8 Å². The molecule has 0 amide bonds. The van der Waals surface area contributed by atoms with E-state index >= 15 is 0 Å². The summed E-state index contributed by atoms with van der Waals surface area (Å²) in [6.45, 7) is 6.83. The summed E-state index contributed by atoms with van der Waals surface area (Å²) in [5, 5.41) is 2.10. The van der Waals surface area contributed by atoms with E-state index in [-0.39, 0.29) is 12.1 Å². The second-order valence-corrected chi connectivity index (χ2v) is 4.60. The molecule has 0 spiro atoms. The molecular weight excluding hydrogens is 194 g/mol. The third-order valence-corrected chi connectivity index (χ3v) is 3.20. The van der Waals surface area contributed by atoms with E-state index in [1.165, 1.54) is 10.4 Å². The molecule has 1 atom stereocenters. The molecule has 0 saturated carbocycles. The number of rotatable bonds is 5. The van der Waals surface area contributed by atoms with E-state index in [2.05, 4.69) is 18.4 Å². The molecule has 0 aromatic carbocycles. The number of hydrogen-bond acceptors (Lipinski definition) is 3. The number of hydrogen-bond donors (Lipinski definition) is 1. The molecular formula is C11H19NOS. The molecule has 0 fully saturated rings. The highest BCUT2D eigenvalue weighted by atomic mass is 32.1. The third-order valence-electron chi connectivity index (χ3n) is 2.11. The molecule has 2 N–H and O–H groups in total. The van der Waals surface area contributed by atoms with Gasteiger partial charge in [0, 0.05) is 4.88 Å². The minimum atomic E-state index is 0.0346. The van der Waals surface area contributed by atoms with Crippen molar-refractivity contribution >= 4 is 11.3 Å². The zero-order valence-electron chi connectivity index (χ0n) is 9.12. The Morgan fingerprint density at radius 1 is 1.50 bits per heavy atom. The first-order chi connectivity index (χ1) is 6.65. The molecule has 3 heteroatoms. The summed E-state index contributed by atoms with van der Waals surface area (Å²) in [4.78, 5) is 1.27. The van der Waals surface area contributed by atoms with Crippen molar-refractivity contribution in [1.29, 1.82) is 0 Å². The average Bonchev–Trinajstić information content (AvgIpc) is 2.61. The molecule has 1 unspecified atom stereocenters. The lowest BCUT2D eigenvalue weighted by Gasteiger charge is -2.14. The molecule has 2 nitrogen and oxygen atoms in total. The first-order valence-electron chi connectivity index (χ1n) is 5.08. The van der Waals surface area contributed by atoms with Gasteiger partial charge in [0.1, 0.15) is 0 Å². The Balaban J connectivity index is 2.55. The maximum absolute atomic E-state index is 6.05. The van der Waals surface area contributed by atoms with Crippen molar-refractivity contribution in [3.05, 3.63) is 21.9 Å². The van der Waals surface area contributed by atoms with E-state index < -0.39 is 0 Å². The molecule has 0 saturated heterocycles.